The molecule has 0 aliphatic carbocycles. The first-order valence-electron chi connectivity index (χ1n) is 7.18. The van der Waals surface area contributed by atoms with Crippen molar-refractivity contribution < 1.29 is 64.1 Å². The highest BCUT2D eigenvalue weighted by Crippen LogP contribution is 2.82. The molecule has 0 radical (unpaired) electrons. The van der Waals surface area contributed by atoms with Gasteiger partial charge in [0.05, 0.1) is 0 Å². The molecule has 9 rings (SSSR count). The molecule has 1 unspecified atom stereocenters. The number of phosphoric acid groups is 3. The van der Waals surface area contributed by atoms with Crippen LogP contribution in [0.25, 0.3) is 0 Å². The van der Waals surface area contributed by atoms with E-state index < -0.39 is 70.4 Å². The van der Waals surface area contributed by atoms with Crippen LogP contribution in [0.4, 0.5) is 5.82 Å². The molecular formula is C8N3O15P3. The molecular weight excluding hydrogens is 471 g/mol. The molecule has 8 aliphatic rings. The van der Waals surface area contributed by atoms with Crippen LogP contribution >= 0.6 is 23.5 Å². The smallest absolute Gasteiger partial charge is 0.375 e. The number of imide groups is 1. The van der Waals surface area contributed by atoms with Crippen LogP contribution in [0.5, 0.6) is 11.6 Å². The number of amides is 2. The number of nitrogens with zero attached hydrogens (tertiary/aromatic N) is 3. The van der Waals surface area contributed by atoms with Gasteiger partial charge >= 0.3 is 52.9 Å². The summed E-state index contributed by atoms with van der Waals surface area (Å²) in [4.78, 5) is 41.4. The maximum atomic E-state index is 12.9. The molecule has 1 aromatic rings. The third-order valence-corrected chi connectivity index (χ3v) is 8.03. The Morgan fingerprint density at radius 1 is 0.862 bits per heavy atom. The predicted octanol–water partition coefficient (Wildman–Crippen LogP) is -0.898. The molecule has 1 aromatic heterocycles. The summed E-state index contributed by atoms with van der Waals surface area (Å²) in [6, 6.07) is 0. The summed E-state index contributed by atoms with van der Waals surface area (Å²) >= 11 is 0. The number of rotatable bonds is 3. The average Bonchev–Trinajstić information content (AvgIpc) is 2.72. The fourth-order valence-electron chi connectivity index (χ4n) is 2.96. The zero-order chi connectivity index (χ0) is 20.2. The number of hydrogen-bond donors (Lipinski definition) is 0. The monoisotopic (exact) mass is 471 g/mol. The van der Waals surface area contributed by atoms with Crippen molar-refractivity contribution in [1.29, 1.82) is 0 Å². The van der Waals surface area contributed by atoms with Gasteiger partial charge in [-0.05, 0) is 0 Å². The van der Waals surface area contributed by atoms with Crippen molar-refractivity contribution in [2.24, 2.45) is 0 Å². The van der Waals surface area contributed by atoms with Crippen LogP contribution in [0.3, 0.4) is 0 Å². The van der Waals surface area contributed by atoms with Crippen LogP contribution in [0.15, 0.2) is 4.79 Å². The third kappa shape index (κ3) is 1.71. The van der Waals surface area contributed by atoms with Crippen molar-refractivity contribution in [2.45, 2.75) is 11.9 Å². The Morgan fingerprint density at radius 3 is 1.86 bits per heavy atom. The number of carbonyl (C=O) groups is 2. The first kappa shape index (κ1) is 16.6. The highest BCUT2D eigenvalue weighted by atomic mass is 31.2. The zero-order valence-electron chi connectivity index (χ0n) is 12.8. The van der Waals surface area contributed by atoms with Crippen molar-refractivity contribution in [1.82, 2.24) is 9.71 Å². The minimum Gasteiger partial charge on any atom is -0.375 e. The minimum absolute atomic E-state index is 0.0609. The third-order valence-electron chi connectivity index (χ3n) is 4.08. The molecule has 0 aromatic carbocycles. The van der Waals surface area contributed by atoms with Gasteiger partial charge in [0.15, 0.2) is 0 Å². The van der Waals surface area contributed by atoms with Crippen molar-refractivity contribution >= 4 is 41.1 Å². The second kappa shape index (κ2) is 4.18. The highest BCUT2D eigenvalue weighted by molar-refractivity contribution is 7.52. The molecule has 6 fully saturated rings. The summed E-state index contributed by atoms with van der Waals surface area (Å²) in [7, 11) is -12.1. The van der Waals surface area contributed by atoms with Crippen molar-refractivity contribution in [2.75, 3.05) is 4.90 Å². The molecule has 8 aliphatic heterocycles. The first-order valence-corrected chi connectivity index (χ1v) is 11.6. The number of anilines is 1. The van der Waals surface area contributed by atoms with E-state index in [4.69, 9.17) is 13.7 Å². The lowest BCUT2D eigenvalue weighted by atomic mass is 10.3. The van der Waals surface area contributed by atoms with Crippen LogP contribution in [0, 0.1) is 0 Å². The van der Waals surface area contributed by atoms with E-state index in [1.165, 1.54) is 0 Å². The summed E-state index contributed by atoms with van der Waals surface area (Å²) in [6.07, 6.45) is 0. The van der Waals surface area contributed by atoms with E-state index in [0.717, 1.165) is 0 Å². The molecule has 0 spiro atoms. The van der Waals surface area contributed by atoms with Gasteiger partial charge in [-0.2, -0.15) is 9.55 Å². The Kier molecular flexibility index (Phi) is 2.40. The van der Waals surface area contributed by atoms with Crippen molar-refractivity contribution in [3.63, 3.8) is 0 Å². The SMILES string of the molecule is O=C(N(C(=O)C12OP(=O)(O1)O2)c1c2c3nc(=O)n1OP(=O)(O3)O2)C12OP(=O)(O1)O2. The lowest BCUT2D eigenvalue weighted by molar-refractivity contribution is -0.403. The summed E-state index contributed by atoms with van der Waals surface area (Å²) in [5, 5.41) is 0. The largest absolute Gasteiger partial charge is 0.668 e. The second-order valence-electron chi connectivity index (χ2n) is 5.86. The highest BCUT2D eigenvalue weighted by Gasteiger charge is 2.85. The Bertz CT molecular complexity index is 1230. The number of hydrogen-bond acceptors (Lipinski definition) is 16. The van der Waals surface area contributed by atoms with E-state index in [9.17, 15) is 28.1 Å². The van der Waals surface area contributed by atoms with E-state index in [2.05, 4.69) is 32.1 Å². The molecule has 1 atom stereocenters. The zero-order valence-corrected chi connectivity index (χ0v) is 15.5. The van der Waals surface area contributed by atoms with Gasteiger partial charge in [0.1, 0.15) is 0 Å². The topological polar surface area (TPSA) is 207 Å². The summed E-state index contributed by atoms with van der Waals surface area (Å²) < 4.78 is 77.7. The molecule has 152 valence electrons. The van der Waals surface area contributed by atoms with Crippen molar-refractivity contribution in [3.8, 4) is 11.6 Å². The molecule has 21 heteroatoms. The van der Waals surface area contributed by atoms with E-state index >= 15 is 0 Å². The molecule has 7 bridgehead atoms. The molecule has 6 saturated heterocycles. The van der Waals surface area contributed by atoms with Gasteiger partial charge in [-0.25, -0.2) is 46.0 Å². The van der Waals surface area contributed by atoms with E-state index in [0.29, 0.717) is 0 Å². The van der Waals surface area contributed by atoms with Crippen LogP contribution in [-0.4, -0.2) is 33.5 Å². The molecule has 18 nitrogen and oxygen atoms in total. The molecule has 2 amide bonds. The predicted molar refractivity (Wildman–Crippen MR) is 73.6 cm³/mol. The first-order chi connectivity index (χ1) is 13.5. The Hall–Kier alpha value is -2.13. The normalized spacial score (nSPS) is 45.4. The average molecular weight is 471 g/mol. The van der Waals surface area contributed by atoms with E-state index in [-0.39, 0.29) is 9.63 Å². The summed E-state index contributed by atoms with van der Waals surface area (Å²) in [5.41, 5.74) is -1.26. The van der Waals surface area contributed by atoms with Gasteiger partial charge in [0, 0.05) is 0 Å². The van der Waals surface area contributed by atoms with Crippen LogP contribution in [-0.2, 0) is 50.4 Å². The second-order valence-corrected chi connectivity index (χ2v) is 10.2. The number of phosphoric ester groups is 3. The van der Waals surface area contributed by atoms with Gasteiger partial charge in [0.2, 0.25) is 11.6 Å². The fraction of sp³-hybridized carbons (Fsp3) is 0.250. The van der Waals surface area contributed by atoms with E-state index in [1.54, 1.807) is 0 Å². The van der Waals surface area contributed by atoms with Crippen LogP contribution in [0.1, 0.15) is 0 Å². The van der Waals surface area contributed by atoms with Gasteiger partial charge in [-0.3, -0.25) is 14.2 Å². The van der Waals surface area contributed by atoms with Gasteiger partial charge in [0.25, 0.3) is 5.88 Å². The maximum Gasteiger partial charge on any atom is 0.668 e. The molecule has 0 N–H and O–H groups in total. The Morgan fingerprint density at radius 2 is 1.38 bits per heavy atom. The lowest BCUT2D eigenvalue weighted by Crippen LogP contribution is -2.73. The molecule has 0 saturated carbocycles. The van der Waals surface area contributed by atoms with Crippen molar-refractivity contribution in [3.05, 3.63) is 10.5 Å². The maximum absolute atomic E-state index is 12.9. The Balaban J connectivity index is 1.40. The summed E-state index contributed by atoms with van der Waals surface area (Å²) in [5.74, 6) is -10.3. The quantitative estimate of drug-likeness (QED) is 0.387. The van der Waals surface area contributed by atoms with Crippen LogP contribution < -0.4 is 24.3 Å². The van der Waals surface area contributed by atoms with E-state index in [1.807, 2.05) is 0 Å². The fourth-order valence-corrected chi connectivity index (χ4v) is 6.44. The standard InChI is InChI=1S/C8N3O15P3/c12-4(7-20-28(16,21-7)22-7)10(5(13)8-23-29(17,24-8)25-8)3-1-2-9-6(14)11(3)26-27(15,18-1)19-2. The Labute approximate surface area is 154 Å². The minimum atomic E-state index is -4.32. The van der Waals surface area contributed by atoms with Gasteiger partial charge in [-0.15, -0.1) is 0 Å². The lowest BCUT2D eigenvalue weighted by Gasteiger charge is -2.56. The molecule has 9 heterocycles. The number of aromatic nitrogens is 2. The number of carbonyl (C=O) groups excluding carboxylic acids is 2. The van der Waals surface area contributed by atoms with Crippen LogP contribution in [0.2, 0.25) is 0 Å². The van der Waals surface area contributed by atoms with Gasteiger partial charge in [-0.1, -0.05) is 4.73 Å². The molecule has 29 heavy (non-hydrogen) atoms. The summed E-state index contributed by atoms with van der Waals surface area (Å²) in [6.45, 7) is 0. The van der Waals surface area contributed by atoms with Gasteiger partial charge < -0.3 is 9.05 Å². The number of fused-ring (bicyclic) bond motifs is 2.